The van der Waals surface area contributed by atoms with Gasteiger partial charge in [-0.05, 0) is 37.3 Å². The van der Waals surface area contributed by atoms with E-state index in [-0.39, 0.29) is 37.2 Å². The number of carbonyl (C=O) groups excluding carboxylic acids is 4. The summed E-state index contributed by atoms with van der Waals surface area (Å²) in [5.41, 5.74) is 1.86. The molecule has 4 amide bonds. The molecule has 39 heavy (non-hydrogen) atoms. The summed E-state index contributed by atoms with van der Waals surface area (Å²) in [5.74, 6) is -2.46. The monoisotopic (exact) mass is 525 g/mol. The summed E-state index contributed by atoms with van der Waals surface area (Å²) in [6.45, 7) is 4.22. The summed E-state index contributed by atoms with van der Waals surface area (Å²) < 4.78 is 5.86. The van der Waals surface area contributed by atoms with E-state index in [1.807, 2.05) is 67.6 Å². The standard InChI is InChI=1S/C31H31N3O5/c1-3-21-22-15-16-23-24(28(37)33(4-2)26(23)35)25(22)31(17-19-11-7-5-8-12-19)29(39-30(38)34(31)27(21)36)32-18-20-13-9-6-10-14-20/h5-14,23-25H,3-4,15-18H2,1-2H3/t23-,24-,25+,31+/m1/s1. The molecule has 0 aromatic heterocycles. The van der Waals surface area contributed by atoms with Crippen LogP contribution in [0.25, 0.3) is 0 Å². The normalized spacial score (nSPS) is 29.1. The van der Waals surface area contributed by atoms with Crippen LogP contribution in [0.5, 0.6) is 0 Å². The van der Waals surface area contributed by atoms with E-state index in [2.05, 4.69) is 0 Å². The molecular formula is C31H31N3O5. The molecule has 4 aliphatic rings. The lowest BCUT2D eigenvalue weighted by Crippen LogP contribution is -2.65. The zero-order valence-electron chi connectivity index (χ0n) is 22.1. The molecule has 4 atom stereocenters. The van der Waals surface area contributed by atoms with Gasteiger partial charge in [-0.1, -0.05) is 73.2 Å². The van der Waals surface area contributed by atoms with Crippen molar-refractivity contribution in [2.75, 3.05) is 6.54 Å². The molecule has 3 fully saturated rings. The summed E-state index contributed by atoms with van der Waals surface area (Å²) in [5, 5.41) is 0. The van der Waals surface area contributed by atoms with Gasteiger partial charge in [0.1, 0.15) is 5.54 Å². The molecule has 1 aliphatic carbocycles. The highest BCUT2D eigenvalue weighted by Gasteiger charge is 2.70. The third-order valence-corrected chi connectivity index (χ3v) is 8.76. The minimum absolute atomic E-state index is 0.141. The minimum Gasteiger partial charge on any atom is -0.393 e. The van der Waals surface area contributed by atoms with Crippen molar-refractivity contribution in [3.63, 3.8) is 0 Å². The molecule has 2 aromatic carbocycles. The van der Waals surface area contributed by atoms with Gasteiger partial charge in [0.25, 0.3) is 5.91 Å². The van der Waals surface area contributed by atoms with Crippen LogP contribution in [0, 0.1) is 17.8 Å². The van der Waals surface area contributed by atoms with Crippen molar-refractivity contribution in [2.24, 2.45) is 22.7 Å². The second-order valence-electron chi connectivity index (χ2n) is 10.6. The SMILES string of the molecule is CCC1=C2CC[C@H]3C(=O)N(CC)C(=O)[C@H]3[C@H]2[C@@]2(Cc3ccccc3)C(=NCc3ccccc3)OC(=O)N2C1=O. The molecule has 2 aromatic rings. The fourth-order valence-corrected chi connectivity index (χ4v) is 7.16. The Kier molecular flexibility index (Phi) is 6.20. The lowest BCUT2D eigenvalue weighted by molar-refractivity contribution is -0.141. The van der Waals surface area contributed by atoms with Gasteiger partial charge >= 0.3 is 6.09 Å². The smallest absolute Gasteiger partial charge is 0.393 e. The van der Waals surface area contributed by atoms with Gasteiger partial charge in [0.15, 0.2) is 0 Å². The van der Waals surface area contributed by atoms with Crippen molar-refractivity contribution in [3.05, 3.63) is 82.9 Å². The number of benzene rings is 2. The fourth-order valence-electron chi connectivity index (χ4n) is 7.16. The summed E-state index contributed by atoms with van der Waals surface area (Å²) in [6.07, 6.45) is 0.895. The first-order chi connectivity index (χ1) is 18.9. The third kappa shape index (κ3) is 3.68. The summed E-state index contributed by atoms with van der Waals surface area (Å²) >= 11 is 0. The van der Waals surface area contributed by atoms with Gasteiger partial charge < -0.3 is 4.74 Å². The largest absolute Gasteiger partial charge is 0.424 e. The lowest BCUT2D eigenvalue weighted by atomic mass is 9.58. The van der Waals surface area contributed by atoms with Crippen LogP contribution in [0.3, 0.4) is 0 Å². The van der Waals surface area contributed by atoms with E-state index in [0.29, 0.717) is 24.8 Å². The Morgan fingerprint density at radius 2 is 1.59 bits per heavy atom. The predicted molar refractivity (Wildman–Crippen MR) is 143 cm³/mol. The van der Waals surface area contributed by atoms with E-state index in [4.69, 9.17) is 9.73 Å². The molecule has 0 N–H and O–H groups in total. The number of imide groups is 2. The van der Waals surface area contributed by atoms with Crippen LogP contribution in [0.2, 0.25) is 0 Å². The van der Waals surface area contributed by atoms with Crippen molar-refractivity contribution >= 4 is 29.7 Å². The highest BCUT2D eigenvalue weighted by atomic mass is 16.6. The Balaban J connectivity index is 1.60. The topological polar surface area (TPSA) is 96.3 Å². The lowest BCUT2D eigenvalue weighted by Gasteiger charge is -2.50. The number of fused-ring (bicyclic) bond motifs is 5. The second kappa shape index (κ2) is 9.59. The summed E-state index contributed by atoms with van der Waals surface area (Å²) in [7, 11) is 0. The molecule has 0 radical (unpaired) electrons. The second-order valence-corrected chi connectivity index (χ2v) is 10.6. The van der Waals surface area contributed by atoms with E-state index in [1.54, 1.807) is 6.92 Å². The Morgan fingerprint density at radius 1 is 0.923 bits per heavy atom. The average molecular weight is 526 g/mol. The number of cyclic esters (lactones) is 1. The number of nitrogens with zero attached hydrogens (tertiary/aromatic N) is 3. The maximum Gasteiger partial charge on any atom is 0.424 e. The van der Waals surface area contributed by atoms with E-state index in [1.165, 1.54) is 9.80 Å². The van der Waals surface area contributed by atoms with E-state index < -0.39 is 35.3 Å². The molecule has 2 saturated heterocycles. The maximum absolute atomic E-state index is 14.0. The van der Waals surface area contributed by atoms with Gasteiger partial charge in [0, 0.05) is 24.5 Å². The minimum atomic E-state index is -1.35. The molecule has 0 spiro atoms. The molecule has 1 saturated carbocycles. The van der Waals surface area contributed by atoms with Crippen LogP contribution in [0.1, 0.15) is 44.2 Å². The van der Waals surface area contributed by atoms with Gasteiger partial charge in [-0.25, -0.2) is 14.7 Å². The quantitative estimate of drug-likeness (QED) is 0.524. The number of rotatable bonds is 6. The number of ether oxygens (including phenoxy) is 1. The van der Waals surface area contributed by atoms with Gasteiger partial charge in [-0.2, -0.15) is 0 Å². The molecular weight excluding hydrogens is 494 g/mol. The van der Waals surface area contributed by atoms with Crippen LogP contribution in [0.4, 0.5) is 4.79 Å². The highest BCUT2D eigenvalue weighted by Crippen LogP contribution is 2.57. The Labute approximate surface area is 227 Å². The van der Waals surface area contributed by atoms with Crippen LogP contribution >= 0.6 is 0 Å². The predicted octanol–water partition coefficient (Wildman–Crippen LogP) is 4.30. The van der Waals surface area contributed by atoms with Gasteiger partial charge in [-0.15, -0.1) is 0 Å². The van der Waals surface area contributed by atoms with Crippen molar-refractivity contribution < 1.29 is 23.9 Å². The van der Waals surface area contributed by atoms with Crippen LogP contribution in [0.15, 0.2) is 76.8 Å². The summed E-state index contributed by atoms with van der Waals surface area (Å²) in [4.78, 5) is 62.2. The van der Waals surface area contributed by atoms with Crippen molar-refractivity contribution in [2.45, 2.75) is 51.6 Å². The van der Waals surface area contributed by atoms with Crippen molar-refractivity contribution in [1.82, 2.24) is 9.80 Å². The molecule has 6 rings (SSSR count). The van der Waals surface area contributed by atoms with Crippen LogP contribution in [-0.2, 0) is 32.1 Å². The molecule has 8 nitrogen and oxygen atoms in total. The highest BCUT2D eigenvalue weighted by molar-refractivity contribution is 6.17. The zero-order chi connectivity index (χ0) is 27.3. The molecule has 200 valence electrons. The van der Waals surface area contributed by atoms with Crippen molar-refractivity contribution in [1.29, 1.82) is 0 Å². The third-order valence-electron chi connectivity index (χ3n) is 8.76. The van der Waals surface area contributed by atoms with E-state index in [9.17, 15) is 19.2 Å². The Bertz CT molecular complexity index is 1420. The van der Waals surface area contributed by atoms with E-state index >= 15 is 0 Å². The van der Waals surface area contributed by atoms with Gasteiger partial charge in [0.05, 0.1) is 18.4 Å². The molecule has 0 bridgehead atoms. The Hall–Kier alpha value is -4.07. The first kappa shape index (κ1) is 25.2. The number of aliphatic imine (C=N–C) groups is 1. The fraction of sp³-hybridized carbons (Fsp3) is 0.387. The maximum atomic E-state index is 14.0. The first-order valence-electron chi connectivity index (χ1n) is 13.7. The molecule has 0 unspecified atom stereocenters. The zero-order valence-corrected chi connectivity index (χ0v) is 22.1. The van der Waals surface area contributed by atoms with Crippen molar-refractivity contribution in [3.8, 4) is 0 Å². The van der Waals surface area contributed by atoms with E-state index in [0.717, 1.165) is 16.7 Å². The molecule has 3 aliphatic heterocycles. The Morgan fingerprint density at radius 3 is 2.23 bits per heavy atom. The van der Waals surface area contributed by atoms with Crippen LogP contribution < -0.4 is 0 Å². The first-order valence-corrected chi connectivity index (χ1v) is 13.7. The average Bonchev–Trinajstić information content (AvgIpc) is 3.38. The van der Waals surface area contributed by atoms with Gasteiger partial charge in [-0.3, -0.25) is 19.3 Å². The molecule has 3 heterocycles. The number of amides is 4. The number of hydrogen-bond donors (Lipinski definition) is 0. The summed E-state index contributed by atoms with van der Waals surface area (Å²) in [6, 6.07) is 19.2. The van der Waals surface area contributed by atoms with Crippen LogP contribution in [-0.4, -0.2) is 51.6 Å². The molecule has 8 heteroatoms. The number of carbonyl (C=O) groups is 4. The number of likely N-dealkylation sites (tertiary alicyclic amines) is 1. The number of hydrogen-bond acceptors (Lipinski definition) is 6. The van der Waals surface area contributed by atoms with Gasteiger partial charge in [0.2, 0.25) is 17.7 Å².